The molecule has 5 heteroatoms. The van der Waals surface area contributed by atoms with Gasteiger partial charge in [0.2, 0.25) is 0 Å². The van der Waals surface area contributed by atoms with E-state index in [-0.39, 0.29) is 30.3 Å². The van der Waals surface area contributed by atoms with Crippen molar-refractivity contribution in [2.24, 2.45) is 52.3 Å². The van der Waals surface area contributed by atoms with Gasteiger partial charge in [-0.25, -0.2) is 0 Å². The van der Waals surface area contributed by atoms with E-state index < -0.39 is 11.8 Å². The smallest absolute Gasteiger partial charge is 0.393 e. The van der Waals surface area contributed by atoms with Crippen LogP contribution in [0.15, 0.2) is 0 Å². The van der Waals surface area contributed by atoms with Crippen LogP contribution in [0.25, 0.3) is 0 Å². The highest BCUT2D eigenvalue weighted by Gasteiger charge is 2.65. The van der Waals surface area contributed by atoms with Crippen molar-refractivity contribution >= 4 is 0 Å². The molecule has 5 saturated carbocycles. The van der Waals surface area contributed by atoms with Gasteiger partial charge in [-0.1, -0.05) is 40.0 Å². The Morgan fingerprint density at radius 1 is 0.806 bits per heavy atom. The van der Waals surface area contributed by atoms with Crippen molar-refractivity contribution < 1.29 is 23.4 Å². The number of alkyl halides is 3. The van der Waals surface area contributed by atoms with E-state index in [2.05, 4.69) is 20.8 Å². The molecule has 0 saturated heterocycles. The third kappa shape index (κ3) is 4.48. The summed E-state index contributed by atoms with van der Waals surface area (Å²) in [4.78, 5) is 0. The largest absolute Gasteiger partial charge is 0.417 e. The summed E-state index contributed by atoms with van der Waals surface area (Å²) >= 11 is 0. The lowest BCUT2D eigenvalue weighted by atomic mass is 9.43. The summed E-state index contributed by atoms with van der Waals surface area (Å²) < 4.78 is 40.9. The summed E-state index contributed by atoms with van der Waals surface area (Å²) in [7, 11) is 0. The minimum atomic E-state index is -4.52. The van der Waals surface area contributed by atoms with Crippen molar-refractivity contribution in [1.82, 2.24) is 0 Å². The molecule has 0 aliphatic heterocycles. The number of aliphatic hydroxyl groups is 2. The summed E-state index contributed by atoms with van der Waals surface area (Å²) in [6, 6.07) is 0. The molecule has 2 N–H and O–H groups in total. The lowest BCUT2D eigenvalue weighted by molar-refractivity contribution is -0.290. The SMILES string of the molecule is C[C@@H](CC[C@H](O)C1CCCCC1)[C@@H]1CC[C@H]2[C@@H]3CC[C@H]4C[C@](O)(C(F)(F)F)CC[C@]4(C)[C@H]3CC[C@@]21C. The number of rotatable bonds is 5. The molecule has 0 bridgehead atoms. The molecule has 5 aliphatic carbocycles. The number of fused-ring (bicyclic) bond motifs is 5. The second kappa shape index (κ2) is 9.72. The van der Waals surface area contributed by atoms with Crippen LogP contribution in [0.5, 0.6) is 0 Å². The molecule has 0 amide bonds. The van der Waals surface area contributed by atoms with E-state index in [0.29, 0.717) is 47.3 Å². The zero-order chi connectivity index (χ0) is 25.9. The Labute approximate surface area is 217 Å². The van der Waals surface area contributed by atoms with Gasteiger partial charge < -0.3 is 10.2 Å². The number of halogens is 3. The predicted molar refractivity (Wildman–Crippen MR) is 137 cm³/mol. The number of hydrogen-bond acceptors (Lipinski definition) is 2. The van der Waals surface area contributed by atoms with E-state index in [4.69, 9.17) is 0 Å². The fraction of sp³-hybridized carbons (Fsp3) is 1.00. The van der Waals surface area contributed by atoms with Crippen molar-refractivity contribution in [1.29, 1.82) is 0 Å². The Morgan fingerprint density at radius 3 is 2.19 bits per heavy atom. The first-order chi connectivity index (χ1) is 16.9. The van der Waals surface area contributed by atoms with Gasteiger partial charge in [-0.15, -0.1) is 0 Å². The molecule has 0 unspecified atom stereocenters. The van der Waals surface area contributed by atoms with E-state index in [1.807, 2.05) is 0 Å². The molecule has 0 spiro atoms. The van der Waals surface area contributed by atoms with Gasteiger partial charge in [-0.05, 0) is 136 Å². The normalized spacial score (nSPS) is 47.5. The summed E-state index contributed by atoms with van der Waals surface area (Å²) in [5.74, 6) is 3.65. The third-order valence-corrected chi connectivity index (χ3v) is 13.1. The Morgan fingerprint density at radius 2 is 1.50 bits per heavy atom. The molecule has 0 aromatic carbocycles. The minimum Gasteiger partial charge on any atom is -0.393 e. The topological polar surface area (TPSA) is 40.5 Å². The predicted octanol–water partition coefficient (Wildman–Crippen LogP) is 8.30. The molecule has 2 nitrogen and oxygen atoms in total. The number of hydrogen-bond donors (Lipinski definition) is 2. The van der Waals surface area contributed by atoms with Gasteiger partial charge in [0.05, 0.1) is 6.10 Å². The molecular formula is C31H51F3O2. The molecule has 0 radical (unpaired) electrons. The van der Waals surface area contributed by atoms with Gasteiger partial charge in [0.25, 0.3) is 0 Å². The van der Waals surface area contributed by atoms with Crippen LogP contribution in [0.2, 0.25) is 0 Å². The van der Waals surface area contributed by atoms with Crippen LogP contribution < -0.4 is 0 Å². The second-order valence-corrected chi connectivity index (χ2v) is 14.6. The summed E-state index contributed by atoms with van der Waals surface area (Å²) in [6.07, 6.45) is 10.7. The lowest BCUT2D eigenvalue weighted by Crippen LogP contribution is -2.59. The van der Waals surface area contributed by atoms with E-state index in [9.17, 15) is 23.4 Å². The zero-order valence-corrected chi connectivity index (χ0v) is 23.0. The molecule has 0 heterocycles. The summed E-state index contributed by atoms with van der Waals surface area (Å²) in [5, 5.41) is 21.3. The van der Waals surface area contributed by atoms with Crippen LogP contribution in [0.4, 0.5) is 13.2 Å². The fourth-order valence-electron chi connectivity index (χ4n) is 10.9. The van der Waals surface area contributed by atoms with Gasteiger partial charge >= 0.3 is 6.18 Å². The summed E-state index contributed by atoms with van der Waals surface area (Å²) in [6.45, 7) is 7.24. The molecule has 5 rings (SSSR count). The first-order valence-electron chi connectivity index (χ1n) is 15.4. The van der Waals surface area contributed by atoms with Gasteiger partial charge in [0.1, 0.15) is 0 Å². The maximum absolute atomic E-state index is 13.6. The van der Waals surface area contributed by atoms with Crippen LogP contribution in [0.3, 0.4) is 0 Å². The summed E-state index contributed by atoms with van der Waals surface area (Å²) in [5.41, 5.74) is -2.21. The van der Waals surface area contributed by atoms with Crippen molar-refractivity contribution in [3.8, 4) is 0 Å². The van der Waals surface area contributed by atoms with Crippen molar-refractivity contribution in [3.05, 3.63) is 0 Å². The van der Waals surface area contributed by atoms with Crippen molar-refractivity contribution in [2.75, 3.05) is 0 Å². The highest BCUT2D eigenvalue weighted by molar-refractivity contribution is 5.11. The monoisotopic (exact) mass is 512 g/mol. The molecule has 0 aromatic heterocycles. The standard InChI is InChI=1S/C31H51F3O2/c1-20(9-14-27(35)21-7-5-4-6-8-21)24-12-13-25-23-11-10-22-19-30(36,31(32,33)34)18-17-28(22,2)26(23)15-16-29(24,25)3/h20-27,35-36H,4-19H2,1-3H3/t20-,22-,23-,24-,25-,26-,27-,28-,29+,30-/m0/s1. The van der Waals surface area contributed by atoms with Gasteiger partial charge in [-0.3, -0.25) is 0 Å². The Bertz CT molecular complexity index is 778. The Hall–Kier alpha value is -0.290. The molecule has 5 aliphatic rings. The zero-order valence-electron chi connectivity index (χ0n) is 23.0. The number of aliphatic hydroxyl groups excluding tert-OH is 1. The van der Waals surface area contributed by atoms with Crippen molar-refractivity contribution in [3.63, 3.8) is 0 Å². The van der Waals surface area contributed by atoms with Crippen molar-refractivity contribution in [2.45, 2.75) is 141 Å². The van der Waals surface area contributed by atoms with Gasteiger partial charge in [0, 0.05) is 0 Å². The first-order valence-corrected chi connectivity index (χ1v) is 15.4. The molecule has 36 heavy (non-hydrogen) atoms. The molecule has 0 aromatic rings. The first kappa shape index (κ1) is 27.3. The third-order valence-electron chi connectivity index (χ3n) is 13.1. The molecule has 208 valence electrons. The van der Waals surface area contributed by atoms with Crippen LogP contribution in [0.1, 0.15) is 124 Å². The Balaban J connectivity index is 1.23. The van der Waals surface area contributed by atoms with E-state index in [1.54, 1.807) is 0 Å². The van der Waals surface area contributed by atoms with Gasteiger partial charge in [-0.2, -0.15) is 13.2 Å². The van der Waals surface area contributed by atoms with Crippen LogP contribution in [-0.4, -0.2) is 28.1 Å². The van der Waals surface area contributed by atoms with E-state index in [0.717, 1.165) is 32.1 Å². The maximum Gasteiger partial charge on any atom is 0.417 e. The average molecular weight is 513 g/mol. The van der Waals surface area contributed by atoms with Crippen LogP contribution >= 0.6 is 0 Å². The highest BCUT2D eigenvalue weighted by Crippen LogP contribution is 2.69. The molecule has 5 fully saturated rings. The highest BCUT2D eigenvalue weighted by atomic mass is 19.4. The second-order valence-electron chi connectivity index (χ2n) is 14.6. The van der Waals surface area contributed by atoms with E-state index in [1.165, 1.54) is 51.4 Å². The molecular weight excluding hydrogens is 461 g/mol. The minimum absolute atomic E-state index is 0.0131. The Kier molecular flexibility index (Phi) is 7.36. The van der Waals surface area contributed by atoms with E-state index >= 15 is 0 Å². The fourth-order valence-corrected chi connectivity index (χ4v) is 10.9. The van der Waals surface area contributed by atoms with Crippen LogP contribution in [-0.2, 0) is 0 Å². The lowest BCUT2D eigenvalue weighted by Gasteiger charge is -2.62. The quantitative estimate of drug-likeness (QED) is 0.389. The molecule has 10 atom stereocenters. The maximum atomic E-state index is 13.6. The van der Waals surface area contributed by atoms with Gasteiger partial charge in [0.15, 0.2) is 5.60 Å². The average Bonchev–Trinajstić information content (AvgIpc) is 3.20. The van der Waals surface area contributed by atoms with Crippen LogP contribution in [0, 0.1) is 52.3 Å².